The van der Waals surface area contributed by atoms with Crippen LogP contribution in [0.1, 0.15) is 37.5 Å². The Labute approximate surface area is 145 Å². The van der Waals surface area contributed by atoms with Crippen molar-refractivity contribution in [2.75, 3.05) is 26.3 Å². The molecule has 0 aliphatic carbocycles. The zero-order valence-corrected chi connectivity index (χ0v) is 14.0. The van der Waals surface area contributed by atoms with Crippen LogP contribution in [-0.4, -0.2) is 52.2 Å². The van der Waals surface area contributed by atoms with Gasteiger partial charge in [0.1, 0.15) is 5.82 Å². The molecule has 132 valence electrons. The van der Waals surface area contributed by atoms with E-state index in [9.17, 15) is 9.18 Å². The molecule has 2 saturated heterocycles. The van der Waals surface area contributed by atoms with Gasteiger partial charge in [0.05, 0.1) is 12.6 Å². The number of aromatic nitrogens is 2. The van der Waals surface area contributed by atoms with Gasteiger partial charge in [-0.05, 0) is 50.1 Å². The topological polar surface area (TPSA) is 62.5 Å². The molecule has 4 rings (SSSR count). The highest BCUT2D eigenvalue weighted by atomic mass is 19.1. The first-order chi connectivity index (χ1) is 12.2. The van der Waals surface area contributed by atoms with Crippen molar-refractivity contribution < 1.29 is 13.7 Å². The predicted octanol–water partition coefficient (Wildman–Crippen LogP) is 2.64. The number of rotatable bonds is 4. The van der Waals surface area contributed by atoms with Crippen molar-refractivity contribution >= 4 is 5.91 Å². The summed E-state index contributed by atoms with van der Waals surface area (Å²) in [5.41, 5.74) is 0.742. The van der Waals surface area contributed by atoms with Crippen LogP contribution in [0.3, 0.4) is 0 Å². The highest BCUT2D eigenvalue weighted by Crippen LogP contribution is 2.28. The Morgan fingerprint density at radius 2 is 2.04 bits per heavy atom. The van der Waals surface area contributed by atoms with Crippen LogP contribution >= 0.6 is 0 Å². The second-order valence-corrected chi connectivity index (χ2v) is 6.78. The number of piperidine rings is 1. The third kappa shape index (κ3) is 3.56. The van der Waals surface area contributed by atoms with E-state index in [0.717, 1.165) is 44.5 Å². The smallest absolute Gasteiger partial charge is 0.231 e. The fourth-order valence-corrected chi connectivity index (χ4v) is 3.60. The largest absolute Gasteiger partial charge is 0.339 e. The van der Waals surface area contributed by atoms with E-state index in [1.807, 2.05) is 4.90 Å². The highest BCUT2D eigenvalue weighted by Gasteiger charge is 2.29. The minimum atomic E-state index is -0.285. The molecule has 0 N–H and O–H groups in total. The summed E-state index contributed by atoms with van der Waals surface area (Å²) in [5, 5.41) is 4.04. The average molecular weight is 344 g/mol. The number of carbonyl (C=O) groups is 1. The lowest BCUT2D eigenvalue weighted by atomic mass is 9.98. The summed E-state index contributed by atoms with van der Waals surface area (Å²) in [7, 11) is 0. The monoisotopic (exact) mass is 344 g/mol. The summed E-state index contributed by atoms with van der Waals surface area (Å²) in [6.07, 6.45) is 3.67. The molecular formula is C18H21FN4O2. The lowest BCUT2D eigenvalue weighted by Crippen LogP contribution is -2.43. The molecule has 2 fully saturated rings. The molecule has 0 saturated carbocycles. The molecule has 1 unspecified atom stereocenters. The summed E-state index contributed by atoms with van der Waals surface area (Å²) in [6, 6.07) is 6.08. The van der Waals surface area contributed by atoms with Gasteiger partial charge in [0.25, 0.3) is 0 Å². The van der Waals surface area contributed by atoms with Crippen LogP contribution in [0.5, 0.6) is 0 Å². The number of benzene rings is 1. The van der Waals surface area contributed by atoms with Gasteiger partial charge in [0.2, 0.25) is 17.6 Å². The van der Waals surface area contributed by atoms with Gasteiger partial charge >= 0.3 is 0 Å². The van der Waals surface area contributed by atoms with Gasteiger partial charge in [-0.25, -0.2) is 4.39 Å². The summed E-state index contributed by atoms with van der Waals surface area (Å²) in [6.45, 7) is 3.34. The molecule has 0 radical (unpaired) electrons. The minimum Gasteiger partial charge on any atom is -0.339 e. The standard InChI is InChI=1S/C18H21FN4O2/c19-15-7-5-13(6-8-15)17-20-18(25-21-17)14-3-1-9-22(11-14)12-23-10-2-4-16(23)24/h5-8,14H,1-4,9-12H2. The molecule has 2 aliphatic heterocycles. The van der Waals surface area contributed by atoms with Crippen LogP contribution < -0.4 is 0 Å². The van der Waals surface area contributed by atoms with Gasteiger partial charge in [0, 0.05) is 25.1 Å². The van der Waals surface area contributed by atoms with Gasteiger partial charge in [-0.2, -0.15) is 4.98 Å². The Morgan fingerprint density at radius 3 is 2.80 bits per heavy atom. The molecule has 0 spiro atoms. The predicted molar refractivity (Wildman–Crippen MR) is 89.1 cm³/mol. The Kier molecular flexibility index (Phi) is 4.48. The molecule has 1 amide bonds. The van der Waals surface area contributed by atoms with E-state index < -0.39 is 0 Å². The lowest BCUT2D eigenvalue weighted by molar-refractivity contribution is -0.129. The van der Waals surface area contributed by atoms with Crippen LogP contribution in [0.15, 0.2) is 28.8 Å². The van der Waals surface area contributed by atoms with E-state index in [0.29, 0.717) is 24.8 Å². The molecule has 7 heteroatoms. The van der Waals surface area contributed by atoms with E-state index in [-0.39, 0.29) is 17.6 Å². The zero-order chi connectivity index (χ0) is 17.2. The van der Waals surface area contributed by atoms with Gasteiger partial charge in [-0.1, -0.05) is 5.16 Å². The minimum absolute atomic E-state index is 0.174. The Balaban J connectivity index is 1.43. The molecule has 3 heterocycles. The van der Waals surface area contributed by atoms with Crippen LogP contribution in [0.25, 0.3) is 11.4 Å². The molecule has 2 aromatic rings. The Hall–Kier alpha value is -2.28. The number of amides is 1. The van der Waals surface area contributed by atoms with Crippen molar-refractivity contribution in [3.05, 3.63) is 36.0 Å². The number of likely N-dealkylation sites (tertiary alicyclic amines) is 2. The van der Waals surface area contributed by atoms with Crippen molar-refractivity contribution in [1.82, 2.24) is 19.9 Å². The van der Waals surface area contributed by atoms with Crippen molar-refractivity contribution in [2.45, 2.75) is 31.6 Å². The fourth-order valence-electron chi connectivity index (χ4n) is 3.60. The first kappa shape index (κ1) is 16.2. The highest BCUT2D eigenvalue weighted by molar-refractivity contribution is 5.77. The third-order valence-electron chi connectivity index (χ3n) is 4.94. The lowest BCUT2D eigenvalue weighted by Gasteiger charge is -2.33. The second kappa shape index (κ2) is 6.92. The molecule has 1 aromatic heterocycles. The second-order valence-electron chi connectivity index (χ2n) is 6.78. The van der Waals surface area contributed by atoms with E-state index >= 15 is 0 Å². The average Bonchev–Trinajstić information content (AvgIpc) is 3.26. The quantitative estimate of drug-likeness (QED) is 0.853. The summed E-state index contributed by atoms with van der Waals surface area (Å²) >= 11 is 0. The van der Waals surface area contributed by atoms with Crippen LogP contribution in [0, 0.1) is 5.82 Å². The summed E-state index contributed by atoms with van der Waals surface area (Å²) < 4.78 is 18.5. The van der Waals surface area contributed by atoms with Gasteiger partial charge in [0.15, 0.2) is 0 Å². The van der Waals surface area contributed by atoms with E-state index in [1.165, 1.54) is 12.1 Å². The van der Waals surface area contributed by atoms with Gasteiger partial charge < -0.3 is 9.42 Å². The van der Waals surface area contributed by atoms with Crippen molar-refractivity contribution in [1.29, 1.82) is 0 Å². The third-order valence-corrected chi connectivity index (χ3v) is 4.94. The molecule has 2 aliphatic rings. The van der Waals surface area contributed by atoms with Crippen molar-refractivity contribution in [3.8, 4) is 11.4 Å². The SMILES string of the molecule is O=C1CCCN1CN1CCCC(c2nc(-c3ccc(F)cc3)no2)C1. The fraction of sp³-hybridized carbons (Fsp3) is 0.500. The maximum absolute atomic E-state index is 13.0. The first-order valence-corrected chi connectivity index (χ1v) is 8.79. The van der Waals surface area contributed by atoms with E-state index in [1.54, 1.807) is 12.1 Å². The van der Waals surface area contributed by atoms with Crippen molar-refractivity contribution in [2.24, 2.45) is 0 Å². The number of halogens is 1. The van der Waals surface area contributed by atoms with Crippen LogP contribution in [0.4, 0.5) is 4.39 Å². The van der Waals surface area contributed by atoms with Crippen LogP contribution in [-0.2, 0) is 4.79 Å². The molecular weight excluding hydrogens is 323 g/mol. The Bertz CT molecular complexity index is 746. The first-order valence-electron chi connectivity index (χ1n) is 8.79. The molecule has 1 aromatic carbocycles. The van der Waals surface area contributed by atoms with E-state index in [2.05, 4.69) is 15.0 Å². The zero-order valence-electron chi connectivity index (χ0n) is 14.0. The van der Waals surface area contributed by atoms with Crippen LogP contribution in [0.2, 0.25) is 0 Å². The van der Waals surface area contributed by atoms with E-state index in [4.69, 9.17) is 4.52 Å². The maximum Gasteiger partial charge on any atom is 0.231 e. The maximum atomic E-state index is 13.0. The number of hydrogen-bond acceptors (Lipinski definition) is 5. The molecule has 25 heavy (non-hydrogen) atoms. The number of hydrogen-bond donors (Lipinski definition) is 0. The molecule has 0 bridgehead atoms. The van der Waals surface area contributed by atoms with Gasteiger partial charge in [-0.15, -0.1) is 0 Å². The molecule has 1 atom stereocenters. The Morgan fingerprint density at radius 1 is 1.20 bits per heavy atom. The normalized spacial score (nSPS) is 21.9. The number of nitrogens with zero attached hydrogens (tertiary/aromatic N) is 4. The summed E-state index contributed by atoms with van der Waals surface area (Å²) in [5.74, 6) is 1.25. The van der Waals surface area contributed by atoms with Gasteiger partial charge in [-0.3, -0.25) is 9.69 Å². The summed E-state index contributed by atoms with van der Waals surface area (Å²) in [4.78, 5) is 20.5. The molecule has 6 nitrogen and oxygen atoms in total. The van der Waals surface area contributed by atoms with Crippen molar-refractivity contribution in [3.63, 3.8) is 0 Å². The number of carbonyl (C=O) groups excluding carboxylic acids is 1.